The third kappa shape index (κ3) is 5.05. The Morgan fingerprint density at radius 2 is 1.81 bits per heavy atom. The second-order valence-corrected chi connectivity index (χ2v) is 6.68. The highest BCUT2D eigenvalue weighted by atomic mass is 15.3. The van der Waals surface area contributed by atoms with E-state index in [1.54, 1.807) is 18.1 Å². The number of aromatic nitrogens is 3. The van der Waals surface area contributed by atoms with Gasteiger partial charge in [0.2, 0.25) is 0 Å². The number of piperidine rings is 1. The molecule has 1 aliphatic rings. The predicted octanol–water partition coefficient (Wildman–Crippen LogP) is 1.67. The summed E-state index contributed by atoms with van der Waals surface area (Å²) in [5, 5.41) is 10.8. The van der Waals surface area contributed by atoms with Crippen LogP contribution in [-0.2, 0) is 26.7 Å². The first kappa shape index (κ1) is 18.4. The van der Waals surface area contributed by atoms with E-state index in [1.165, 1.54) is 43.5 Å². The second-order valence-electron chi connectivity index (χ2n) is 6.68. The molecule has 0 unspecified atom stereocenters. The smallest absolute Gasteiger partial charge is 0.191 e. The molecule has 3 rings (SSSR count). The standard InChI is InChI=1S/C19H29N7/c1-20-19(22-13-18-23-15-24-25(18)2)21-12-16-8-4-5-9-17(16)14-26-10-6-3-7-11-26/h4-5,8-9,15H,3,6-7,10-14H2,1-2H3,(H2,20,21,22). The van der Waals surface area contributed by atoms with Crippen LogP contribution in [0.5, 0.6) is 0 Å². The number of nitrogens with one attached hydrogen (secondary N) is 2. The Morgan fingerprint density at radius 1 is 1.08 bits per heavy atom. The van der Waals surface area contributed by atoms with Crippen LogP contribution >= 0.6 is 0 Å². The minimum absolute atomic E-state index is 0.589. The molecule has 2 N–H and O–H groups in total. The zero-order chi connectivity index (χ0) is 18.2. The van der Waals surface area contributed by atoms with Gasteiger partial charge in [0.05, 0.1) is 6.54 Å². The molecule has 140 valence electrons. The maximum absolute atomic E-state index is 4.30. The highest BCUT2D eigenvalue weighted by Gasteiger charge is 2.12. The van der Waals surface area contributed by atoms with Crippen LogP contribution in [0.4, 0.5) is 0 Å². The Bertz CT molecular complexity index is 716. The molecule has 1 aliphatic heterocycles. The third-order valence-electron chi connectivity index (χ3n) is 4.85. The highest BCUT2D eigenvalue weighted by molar-refractivity contribution is 5.79. The predicted molar refractivity (Wildman–Crippen MR) is 104 cm³/mol. The molecule has 2 aromatic rings. The van der Waals surface area contributed by atoms with E-state index in [9.17, 15) is 0 Å². The van der Waals surface area contributed by atoms with Crippen LogP contribution in [-0.4, -0.2) is 45.8 Å². The number of aryl methyl sites for hydroxylation is 1. The van der Waals surface area contributed by atoms with Crippen molar-refractivity contribution in [2.24, 2.45) is 12.0 Å². The molecule has 0 aliphatic carbocycles. The second kappa shape index (κ2) is 9.33. The van der Waals surface area contributed by atoms with Crippen molar-refractivity contribution >= 4 is 5.96 Å². The van der Waals surface area contributed by atoms with Gasteiger partial charge in [0.1, 0.15) is 12.2 Å². The maximum atomic E-state index is 4.30. The summed E-state index contributed by atoms with van der Waals surface area (Å²) in [6.45, 7) is 4.79. The first-order valence-corrected chi connectivity index (χ1v) is 9.33. The molecule has 2 heterocycles. The van der Waals surface area contributed by atoms with E-state index in [0.717, 1.165) is 24.9 Å². The molecule has 0 bridgehead atoms. The van der Waals surface area contributed by atoms with Crippen LogP contribution in [0.2, 0.25) is 0 Å². The molecular weight excluding hydrogens is 326 g/mol. The molecule has 0 amide bonds. The van der Waals surface area contributed by atoms with E-state index in [-0.39, 0.29) is 0 Å². The Balaban J connectivity index is 1.55. The van der Waals surface area contributed by atoms with Gasteiger partial charge in [-0.15, -0.1) is 0 Å². The highest BCUT2D eigenvalue weighted by Crippen LogP contribution is 2.16. The Hall–Kier alpha value is -2.41. The first-order valence-electron chi connectivity index (χ1n) is 9.33. The maximum Gasteiger partial charge on any atom is 0.191 e. The third-order valence-corrected chi connectivity index (χ3v) is 4.85. The van der Waals surface area contributed by atoms with E-state index in [0.29, 0.717) is 6.54 Å². The molecule has 7 heteroatoms. The average Bonchev–Trinajstić information content (AvgIpc) is 3.09. The van der Waals surface area contributed by atoms with Crippen molar-refractivity contribution in [3.8, 4) is 0 Å². The minimum Gasteiger partial charge on any atom is -0.352 e. The molecule has 1 aromatic carbocycles. The molecule has 7 nitrogen and oxygen atoms in total. The van der Waals surface area contributed by atoms with Crippen LogP contribution in [0.25, 0.3) is 0 Å². The van der Waals surface area contributed by atoms with E-state index in [1.807, 2.05) is 7.05 Å². The number of aliphatic imine (C=N–C) groups is 1. The van der Waals surface area contributed by atoms with Crippen molar-refractivity contribution in [3.63, 3.8) is 0 Å². The Morgan fingerprint density at radius 3 is 2.50 bits per heavy atom. The summed E-state index contributed by atoms with van der Waals surface area (Å²) >= 11 is 0. The Kier molecular flexibility index (Phi) is 6.60. The van der Waals surface area contributed by atoms with E-state index >= 15 is 0 Å². The lowest BCUT2D eigenvalue weighted by Gasteiger charge is -2.27. The average molecular weight is 355 g/mol. The van der Waals surface area contributed by atoms with E-state index in [4.69, 9.17) is 0 Å². The van der Waals surface area contributed by atoms with Crippen molar-refractivity contribution < 1.29 is 0 Å². The van der Waals surface area contributed by atoms with Crippen LogP contribution in [0.3, 0.4) is 0 Å². The van der Waals surface area contributed by atoms with Crippen LogP contribution < -0.4 is 10.6 Å². The molecule has 26 heavy (non-hydrogen) atoms. The minimum atomic E-state index is 0.589. The van der Waals surface area contributed by atoms with Gasteiger partial charge in [-0.25, -0.2) is 4.98 Å². The van der Waals surface area contributed by atoms with Crippen molar-refractivity contribution in [1.29, 1.82) is 0 Å². The first-order chi connectivity index (χ1) is 12.8. The van der Waals surface area contributed by atoms with Crippen LogP contribution in [0.1, 0.15) is 36.2 Å². The number of likely N-dealkylation sites (tertiary alicyclic amines) is 1. The number of rotatable bonds is 6. The monoisotopic (exact) mass is 355 g/mol. The zero-order valence-electron chi connectivity index (χ0n) is 15.8. The van der Waals surface area contributed by atoms with Gasteiger partial charge in [0.15, 0.2) is 5.96 Å². The summed E-state index contributed by atoms with van der Waals surface area (Å²) in [5.41, 5.74) is 2.71. The molecule has 0 saturated carbocycles. The number of guanidine groups is 1. The molecule has 0 radical (unpaired) electrons. The van der Waals surface area contributed by atoms with Gasteiger partial charge in [-0.05, 0) is 37.1 Å². The lowest BCUT2D eigenvalue weighted by atomic mass is 10.0. The van der Waals surface area contributed by atoms with Gasteiger partial charge in [-0.3, -0.25) is 14.6 Å². The lowest BCUT2D eigenvalue weighted by molar-refractivity contribution is 0.220. The normalized spacial score (nSPS) is 15.8. The topological polar surface area (TPSA) is 70.4 Å². The summed E-state index contributed by atoms with van der Waals surface area (Å²) in [5.74, 6) is 1.64. The molecule has 0 spiro atoms. The largest absolute Gasteiger partial charge is 0.352 e. The number of benzene rings is 1. The van der Waals surface area contributed by atoms with Gasteiger partial charge in [0.25, 0.3) is 0 Å². The molecule has 0 atom stereocenters. The van der Waals surface area contributed by atoms with Crippen LogP contribution in [0, 0.1) is 0 Å². The van der Waals surface area contributed by atoms with Crippen molar-refractivity contribution in [2.45, 2.75) is 38.9 Å². The van der Waals surface area contributed by atoms with Crippen molar-refractivity contribution in [3.05, 3.63) is 47.5 Å². The fraction of sp³-hybridized carbons (Fsp3) is 0.526. The summed E-state index contributed by atoms with van der Waals surface area (Å²) < 4.78 is 1.76. The summed E-state index contributed by atoms with van der Waals surface area (Å²) in [6.07, 6.45) is 5.56. The van der Waals surface area contributed by atoms with Gasteiger partial charge >= 0.3 is 0 Å². The van der Waals surface area contributed by atoms with Gasteiger partial charge in [-0.1, -0.05) is 30.7 Å². The van der Waals surface area contributed by atoms with Gasteiger partial charge in [0, 0.05) is 27.2 Å². The summed E-state index contributed by atoms with van der Waals surface area (Å²) in [7, 11) is 3.67. The SMILES string of the molecule is CN=C(NCc1ccccc1CN1CCCCC1)NCc1ncnn1C. The van der Waals surface area contributed by atoms with E-state index < -0.39 is 0 Å². The molecular formula is C19H29N7. The van der Waals surface area contributed by atoms with Crippen molar-refractivity contribution in [1.82, 2.24) is 30.3 Å². The summed E-state index contributed by atoms with van der Waals surface area (Å²) in [6, 6.07) is 8.67. The molecule has 1 fully saturated rings. The van der Waals surface area contributed by atoms with Gasteiger partial charge in [-0.2, -0.15) is 5.10 Å². The van der Waals surface area contributed by atoms with Gasteiger partial charge < -0.3 is 10.6 Å². The Labute approximate surface area is 155 Å². The number of hydrogen-bond donors (Lipinski definition) is 2. The quantitative estimate of drug-likeness (QED) is 0.609. The zero-order valence-corrected chi connectivity index (χ0v) is 15.8. The number of hydrogen-bond acceptors (Lipinski definition) is 4. The summed E-state index contributed by atoms with van der Waals surface area (Å²) in [4.78, 5) is 11.1. The van der Waals surface area contributed by atoms with E-state index in [2.05, 4.69) is 54.9 Å². The number of nitrogens with zero attached hydrogens (tertiary/aromatic N) is 5. The van der Waals surface area contributed by atoms with Crippen molar-refractivity contribution in [2.75, 3.05) is 20.1 Å². The van der Waals surface area contributed by atoms with Crippen LogP contribution in [0.15, 0.2) is 35.6 Å². The lowest BCUT2D eigenvalue weighted by Crippen LogP contribution is -2.37. The fourth-order valence-corrected chi connectivity index (χ4v) is 3.29. The molecule has 1 saturated heterocycles. The fourth-order valence-electron chi connectivity index (χ4n) is 3.29. The molecule has 1 aromatic heterocycles.